The molecule has 1 aliphatic heterocycles. The number of para-hydroxylation sites is 1. The van der Waals surface area contributed by atoms with Gasteiger partial charge in [-0.25, -0.2) is 4.90 Å². The Kier molecular flexibility index (Phi) is 5.61. The number of likely N-dealkylation sites (N-methyl/N-ethyl adjacent to an activating group) is 1. The van der Waals surface area contributed by atoms with Crippen LogP contribution in [0, 0.1) is 13.8 Å². The zero-order valence-electron chi connectivity index (χ0n) is 17.3. The number of rotatable bonds is 4. The van der Waals surface area contributed by atoms with Crippen LogP contribution in [0.25, 0.3) is 5.57 Å². The maximum Gasteiger partial charge on any atom is 0.282 e. The number of nitrogens with zero attached hydrogens (tertiary/aromatic N) is 2. The lowest BCUT2D eigenvalue weighted by Crippen LogP contribution is -2.34. The second-order valence-corrected chi connectivity index (χ2v) is 8.30. The van der Waals surface area contributed by atoms with Crippen molar-refractivity contribution in [1.29, 1.82) is 0 Å². The predicted octanol–water partition coefficient (Wildman–Crippen LogP) is 6.03. The van der Waals surface area contributed by atoms with Gasteiger partial charge in [-0.3, -0.25) is 9.59 Å². The highest BCUT2D eigenvalue weighted by Gasteiger charge is 2.42. The van der Waals surface area contributed by atoms with Gasteiger partial charge in [0.15, 0.2) is 0 Å². The van der Waals surface area contributed by atoms with Crippen LogP contribution in [-0.4, -0.2) is 18.9 Å². The Morgan fingerprint density at radius 1 is 0.806 bits per heavy atom. The first kappa shape index (κ1) is 21.2. The van der Waals surface area contributed by atoms with Gasteiger partial charge in [-0.05, 0) is 55.3 Å². The van der Waals surface area contributed by atoms with Gasteiger partial charge < -0.3 is 4.90 Å². The summed E-state index contributed by atoms with van der Waals surface area (Å²) in [6.45, 7) is 3.93. The zero-order valence-corrected chi connectivity index (χ0v) is 18.8. The predicted molar refractivity (Wildman–Crippen MR) is 127 cm³/mol. The minimum absolute atomic E-state index is 0.276. The van der Waals surface area contributed by atoms with E-state index in [-0.39, 0.29) is 5.02 Å². The highest BCUT2D eigenvalue weighted by Crippen LogP contribution is 2.38. The molecule has 0 spiro atoms. The molecule has 0 N–H and O–H groups in total. The molecule has 3 aromatic rings. The van der Waals surface area contributed by atoms with Crippen LogP contribution in [0.2, 0.25) is 10.0 Å². The van der Waals surface area contributed by atoms with Crippen molar-refractivity contribution in [3.8, 4) is 0 Å². The van der Waals surface area contributed by atoms with E-state index >= 15 is 0 Å². The molecule has 0 atom stereocenters. The topological polar surface area (TPSA) is 40.6 Å². The SMILES string of the molecule is Cc1ccc(C2=C(N(C)c3ccccc3)C(=O)N(c3ccc(Cl)c(Cl)c3)C2=O)c(C)c1. The van der Waals surface area contributed by atoms with Crippen molar-refractivity contribution >= 4 is 52.0 Å². The third-order valence-electron chi connectivity index (χ3n) is 5.35. The van der Waals surface area contributed by atoms with Gasteiger partial charge in [-0.15, -0.1) is 0 Å². The highest BCUT2D eigenvalue weighted by molar-refractivity contribution is 6.47. The fourth-order valence-corrected chi connectivity index (χ4v) is 4.10. The fraction of sp³-hybridized carbons (Fsp3) is 0.120. The number of carbonyl (C=O) groups excluding carboxylic acids is 2. The van der Waals surface area contributed by atoms with Crippen molar-refractivity contribution in [3.05, 3.63) is 99.2 Å². The lowest BCUT2D eigenvalue weighted by Gasteiger charge is -2.22. The van der Waals surface area contributed by atoms with Crippen LogP contribution in [0.4, 0.5) is 11.4 Å². The van der Waals surface area contributed by atoms with E-state index in [0.29, 0.717) is 22.0 Å². The van der Waals surface area contributed by atoms with Crippen LogP contribution in [-0.2, 0) is 9.59 Å². The molecule has 4 nitrogen and oxygen atoms in total. The minimum atomic E-state index is -0.412. The van der Waals surface area contributed by atoms with Crippen molar-refractivity contribution < 1.29 is 9.59 Å². The lowest BCUT2D eigenvalue weighted by molar-refractivity contribution is -0.120. The fourth-order valence-electron chi connectivity index (χ4n) is 3.81. The zero-order chi connectivity index (χ0) is 22.3. The van der Waals surface area contributed by atoms with Gasteiger partial charge in [0, 0.05) is 12.7 Å². The second kappa shape index (κ2) is 8.22. The highest BCUT2D eigenvalue weighted by atomic mass is 35.5. The van der Waals surface area contributed by atoms with Gasteiger partial charge in [0.05, 0.1) is 21.3 Å². The van der Waals surface area contributed by atoms with E-state index in [0.717, 1.165) is 27.3 Å². The number of imide groups is 1. The van der Waals surface area contributed by atoms with Crippen LogP contribution in [0.5, 0.6) is 0 Å². The Bertz CT molecular complexity index is 1240. The monoisotopic (exact) mass is 450 g/mol. The molecule has 1 heterocycles. The summed E-state index contributed by atoms with van der Waals surface area (Å²) in [6.07, 6.45) is 0. The van der Waals surface area contributed by atoms with Gasteiger partial charge in [-0.2, -0.15) is 0 Å². The molecule has 0 saturated carbocycles. The average molecular weight is 451 g/mol. The molecule has 31 heavy (non-hydrogen) atoms. The van der Waals surface area contributed by atoms with Gasteiger partial charge in [0.1, 0.15) is 5.70 Å². The maximum atomic E-state index is 13.6. The Morgan fingerprint density at radius 2 is 1.52 bits per heavy atom. The van der Waals surface area contributed by atoms with E-state index in [1.54, 1.807) is 24.1 Å². The minimum Gasteiger partial charge on any atom is -0.339 e. The first-order valence-corrected chi connectivity index (χ1v) is 10.5. The molecule has 0 aromatic heterocycles. The standard InChI is InChI=1S/C25H20Cl2N2O2/c1-15-9-11-19(16(2)13-15)22-23(28(3)17-7-5-4-6-8-17)25(31)29(24(22)30)18-10-12-20(26)21(27)14-18/h4-14H,1-3H3. The van der Waals surface area contributed by atoms with Crippen LogP contribution in [0.3, 0.4) is 0 Å². The van der Waals surface area contributed by atoms with Crippen LogP contribution < -0.4 is 9.80 Å². The lowest BCUT2D eigenvalue weighted by atomic mass is 9.97. The summed E-state index contributed by atoms with van der Waals surface area (Å²) in [5, 5.41) is 0.631. The van der Waals surface area contributed by atoms with E-state index in [1.807, 2.05) is 62.4 Å². The maximum absolute atomic E-state index is 13.6. The van der Waals surface area contributed by atoms with Gasteiger partial charge in [0.2, 0.25) is 0 Å². The third kappa shape index (κ3) is 3.73. The number of benzene rings is 3. The molecular formula is C25H20Cl2N2O2. The van der Waals surface area contributed by atoms with Gasteiger partial charge in [0.25, 0.3) is 11.8 Å². The Morgan fingerprint density at radius 3 is 2.16 bits per heavy atom. The molecule has 6 heteroatoms. The molecule has 156 valence electrons. The van der Waals surface area contributed by atoms with E-state index in [2.05, 4.69) is 0 Å². The summed E-state index contributed by atoms with van der Waals surface area (Å²) in [7, 11) is 1.79. The molecule has 0 radical (unpaired) electrons. The van der Waals surface area contributed by atoms with Crippen molar-refractivity contribution in [2.24, 2.45) is 0 Å². The summed E-state index contributed by atoms with van der Waals surface area (Å²) in [5.74, 6) is -0.808. The number of hydrogen-bond donors (Lipinski definition) is 0. The normalized spacial score (nSPS) is 13.9. The summed E-state index contributed by atoms with van der Waals surface area (Å²) in [6, 6.07) is 20.0. The molecule has 2 amide bonds. The molecule has 0 aliphatic carbocycles. The molecule has 4 rings (SSSR count). The van der Waals surface area contributed by atoms with Gasteiger partial charge in [-0.1, -0.05) is 65.2 Å². The molecule has 3 aromatic carbocycles. The van der Waals surface area contributed by atoms with E-state index in [9.17, 15) is 9.59 Å². The van der Waals surface area contributed by atoms with E-state index in [4.69, 9.17) is 23.2 Å². The molecular weight excluding hydrogens is 431 g/mol. The first-order valence-electron chi connectivity index (χ1n) is 9.74. The molecule has 0 bridgehead atoms. The molecule has 0 saturated heterocycles. The number of aryl methyl sites for hydroxylation is 2. The summed E-state index contributed by atoms with van der Waals surface area (Å²) >= 11 is 12.2. The largest absolute Gasteiger partial charge is 0.339 e. The Labute approximate surface area is 191 Å². The number of carbonyl (C=O) groups is 2. The summed E-state index contributed by atoms with van der Waals surface area (Å²) < 4.78 is 0. The van der Waals surface area contributed by atoms with Crippen molar-refractivity contribution in [3.63, 3.8) is 0 Å². The molecule has 1 aliphatic rings. The average Bonchev–Trinajstić information content (AvgIpc) is 3.00. The van der Waals surface area contributed by atoms with Crippen molar-refractivity contribution in [2.45, 2.75) is 13.8 Å². The van der Waals surface area contributed by atoms with Crippen LogP contribution in [0.1, 0.15) is 16.7 Å². The number of anilines is 2. The van der Waals surface area contributed by atoms with Crippen LogP contribution in [0.15, 0.2) is 72.4 Å². The van der Waals surface area contributed by atoms with E-state index in [1.165, 1.54) is 6.07 Å². The van der Waals surface area contributed by atoms with Crippen molar-refractivity contribution in [1.82, 2.24) is 0 Å². The Hall–Kier alpha value is -3.08. The Balaban J connectivity index is 1.92. The third-order valence-corrected chi connectivity index (χ3v) is 6.09. The quantitative estimate of drug-likeness (QED) is 0.455. The molecule has 0 fully saturated rings. The number of amides is 2. The van der Waals surface area contributed by atoms with Gasteiger partial charge >= 0.3 is 0 Å². The summed E-state index contributed by atoms with van der Waals surface area (Å²) in [4.78, 5) is 30.2. The number of hydrogen-bond acceptors (Lipinski definition) is 3. The van der Waals surface area contributed by atoms with Crippen LogP contribution >= 0.6 is 23.2 Å². The number of halogens is 2. The second-order valence-electron chi connectivity index (χ2n) is 7.48. The first-order chi connectivity index (χ1) is 14.8. The molecule has 0 unspecified atom stereocenters. The van der Waals surface area contributed by atoms with E-state index < -0.39 is 11.8 Å². The summed E-state index contributed by atoms with van der Waals surface area (Å²) in [5.41, 5.74) is 4.59. The smallest absolute Gasteiger partial charge is 0.282 e. The van der Waals surface area contributed by atoms with Crippen molar-refractivity contribution in [2.75, 3.05) is 16.8 Å².